The largest absolute Gasteiger partial charge is 0.384 e. The van der Waals surface area contributed by atoms with Crippen LogP contribution in [-0.4, -0.2) is 9.55 Å². The number of rotatable bonds is 4. The van der Waals surface area contributed by atoms with Gasteiger partial charge in [-0.15, -0.1) is 6.42 Å². The number of hydrogen-bond donors (Lipinski definition) is 1. The molecule has 0 radical (unpaired) electrons. The summed E-state index contributed by atoms with van der Waals surface area (Å²) in [6.07, 6.45) is 15.8. The van der Waals surface area contributed by atoms with Crippen molar-refractivity contribution in [2.24, 2.45) is 5.92 Å². The Morgan fingerprint density at radius 1 is 1.21 bits per heavy atom. The molecule has 19 heavy (non-hydrogen) atoms. The predicted molar refractivity (Wildman–Crippen MR) is 77.7 cm³/mol. The average Bonchev–Trinajstić information content (AvgIpc) is 3.22. The van der Waals surface area contributed by atoms with Crippen LogP contribution in [0.2, 0.25) is 0 Å². The van der Waals surface area contributed by atoms with E-state index in [1.54, 1.807) is 0 Å². The number of imidazole rings is 1. The van der Waals surface area contributed by atoms with Gasteiger partial charge in [-0.1, -0.05) is 38.0 Å². The molecule has 0 atom stereocenters. The first kappa shape index (κ1) is 12.6. The molecule has 0 aliphatic heterocycles. The van der Waals surface area contributed by atoms with Crippen molar-refractivity contribution in [2.45, 2.75) is 63.8 Å². The summed E-state index contributed by atoms with van der Waals surface area (Å²) in [6.45, 7) is 0.565. The molecular weight excluding hydrogens is 234 g/mol. The Labute approximate surface area is 115 Å². The predicted octanol–water partition coefficient (Wildman–Crippen LogP) is 3.10. The maximum Gasteiger partial charge on any atom is 0.127 e. The number of nitrogen functional groups attached to an aromatic ring is 1. The summed E-state index contributed by atoms with van der Waals surface area (Å²) in [4.78, 5) is 4.83. The lowest BCUT2D eigenvalue weighted by Crippen LogP contribution is -2.11. The number of nitrogens with two attached hydrogens (primary N) is 1. The normalized spacial score (nSPS) is 20.4. The highest BCUT2D eigenvalue weighted by atomic mass is 15.1. The van der Waals surface area contributed by atoms with Crippen molar-refractivity contribution >= 4 is 5.82 Å². The van der Waals surface area contributed by atoms with Crippen LogP contribution in [0, 0.1) is 18.3 Å². The summed E-state index contributed by atoms with van der Waals surface area (Å²) in [5.74, 6) is 6.05. The van der Waals surface area contributed by atoms with Crippen molar-refractivity contribution in [3.63, 3.8) is 0 Å². The van der Waals surface area contributed by atoms with E-state index in [0.29, 0.717) is 12.5 Å². The minimum Gasteiger partial charge on any atom is -0.384 e. The van der Waals surface area contributed by atoms with Gasteiger partial charge in [0.25, 0.3) is 0 Å². The van der Waals surface area contributed by atoms with Crippen LogP contribution in [-0.2, 0) is 13.0 Å². The topological polar surface area (TPSA) is 43.8 Å². The van der Waals surface area contributed by atoms with Crippen molar-refractivity contribution < 1.29 is 0 Å². The molecule has 2 aliphatic carbocycles. The van der Waals surface area contributed by atoms with Gasteiger partial charge < -0.3 is 10.3 Å². The fraction of sp³-hybridized carbons (Fsp3) is 0.688. The van der Waals surface area contributed by atoms with E-state index in [0.717, 1.165) is 29.7 Å². The van der Waals surface area contributed by atoms with E-state index in [9.17, 15) is 0 Å². The molecular formula is C16H23N3. The maximum atomic E-state index is 6.28. The highest BCUT2D eigenvalue weighted by Gasteiger charge is 2.31. The lowest BCUT2D eigenvalue weighted by molar-refractivity contribution is 0.355. The first-order chi connectivity index (χ1) is 9.29. The molecule has 1 heterocycles. The van der Waals surface area contributed by atoms with E-state index >= 15 is 0 Å². The van der Waals surface area contributed by atoms with E-state index in [1.165, 1.54) is 44.9 Å². The summed E-state index contributed by atoms with van der Waals surface area (Å²) in [5.41, 5.74) is 7.38. The average molecular weight is 257 g/mol. The molecule has 102 valence electrons. The van der Waals surface area contributed by atoms with Gasteiger partial charge in [0.1, 0.15) is 11.6 Å². The Morgan fingerprint density at radius 2 is 1.95 bits per heavy atom. The maximum absolute atomic E-state index is 6.28. The molecule has 2 fully saturated rings. The van der Waals surface area contributed by atoms with Crippen molar-refractivity contribution in [1.29, 1.82) is 0 Å². The minimum absolute atomic E-state index is 0.565. The van der Waals surface area contributed by atoms with E-state index in [1.807, 2.05) is 0 Å². The van der Waals surface area contributed by atoms with Crippen LogP contribution in [0.15, 0.2) is 0 Å². The third-order valence-electron chi connectivity index (χ3n) is 4.51. The molecule has 3 heteroatoms. The van der Waals surface area contributed by atoms with Gasteiger partial charge >= 0.3 is 0 Å². The first-order valence-corrected chi connectivity index (χ1v) is 7.58. The van der Waals surface area contributed by atoms with Crippen LogP contribution in [0.4, 0.5) is 5.82 Å². The van der Waals surface area contributed by atoms with E-state index < -0.39 is 0 Å². The zero-order valence-electron chi connectivity index (χ0n) is 11.6. The molecule has 2 aliphatic rings. The smallest absolute Gasteiger partial charge is 0.127 e. The number of terminal acetylenes is 1. The highest BCUT2D eigenvalue weighted by Crippen LogP contribution is 2.41. The number of nitrogens with zero attached hydrogens (tertiary/aromatic N) is 2. The SMILES string of the molecule is C#CCn1c(C2CC2)nc(CC2CCCCC2)c1N. The third kappa shape index (κ3) is 2.63. The van der Waals surface area contributed by atoms with Crippen molar-refractivity contribution in [3.05, 3.63) is 11.5 Å². The molecule has 0 bridgehead atoms. The second kappa shape index (κ2) is 5.28. The zero-order valence-corrected chi connectivity index (χ0v) is 11.6. The third-order valence-corrected chi connectivity index (χ3v) is 4.51. The highest BCUT2D eigenvalue weighted by molar-refractivity contribution is 5.40. The summed E-state index contributed by atoms with van der Waals surface area (Å²) in [5, 5.41) is 0. The molecule has 3 rings (SSSR count). The standard InChI is InChI=1S/C16H23N3/c1-2-10-19-15(17)14(18-16(19)13-8-9-13)11-12-6-4-3-5-7-12/h1,12-13H,3-11,17H2. The van der Waals surface area contributed by atoms with Crippen molar-refractivity contribution in [2.75, 3.05) is 5.73 Å². The zero-order chi connectivity index (χ0) is 13.2. The second-order valence-corrected chi connectivity index (χ2v) is 6.07. The summed E-state index contributed by atoms with van der Waals surface area (Å²) < 4.78 is 2.07. The summed E-state index contributed by atoms with van der Waals surface area (Å²) >= 11 is 0. The van der Waals surface area contributed by atoms with Gasteiger partial charge in [0.2, 0.25) is 0 Å². The van der Waals surface area contributed by atoms with Gasteiger partial charge in [-0.2, -0.15) is 0 Å². The molecule has 2 saturated carbocycles. The molecule has 3 nitrogen and oxygen atoms in total. The van der Waals surface area contributed by atoms with Crippen LogP contribution < -0.4 is 5.73 Å². The molecule has 2 N–H and O–H groups in total. The van der Waals surface area contributed by atoms with E-state index in [-0.39, 0.29) is 0 Å². The van der Waals surface area contributed by atoms with E-state index in [2.05, 4.69) is 10.5 Å². The van der Waals surface area contributed by atoms with Gasteiger partial charge in [-0.3, -0.25) is 0 Å². The Bertz CT molecular complexity index is 485. The van der Waals surface area contributed by atoms with Crippen molar-refractivity contribution in [1.82, 2.24) is 9.55 Å². The molecule has 0 aromatic carbocycles. The van der Waals surface area contributed by atoms with Crippen LogP contribution in [0.25, 0.3) is 0 Å². The van der Waals surface area contributed by atoms with Gasteiger partial charge in [-0.25, -0.2) is 4.98 Å². The van der Waals surface area contributed by atoms with Crippen LogP contribution in [0.3, 0.4) is 0 Å². The lowest BCUT2D eigenvalue weighted by Gasteiger charge is -2.20. The summed E-state index contributed by atoms with van der Waals surface area (Å²) in [6, 6.07) is 0. The minimum atomic E-state index is 0.565. The Morgan fingerprint density at radius 3 is 2.58 bits per heavy atom. The quantitative estimate of drug-likeness (QED) is 0.842. The molecule has 0 saturated heterocycles. The van der Waals surface area contributed by atoms with Crippen LogP contribution in [0.1, 0.15) is 62.4 Å². The molecule has 1 aromatic heterocycles. The van der Waals surface area contributed by atoms with Gasteiger partial charge in [-0.05, 0) is 25.2 Å². The van der Waals surface area contributed by atoms with E-state index in [4.69, 9.17) is 17.1 Å². The Hall–Kier alpha value is -1.43. The molecule has 1 aromatic rings. The molecule has 0 unspecified atom stereocenters. The molecule has 0 spiro atoms. The number of hydrogen-bond acceptors (Lipinski definition) is 2. The molecule has 0 amide bonds. The van der Waals surface area contributed by atoms with Gasteiger partial charge in [0.15, 0.2) is 0 Å². The fourth-order valence-corrected chi connectivity index (χ4v) is 3.26. The first-order valence-electron chi connectivity index (χ1n) is 7.58. The monoisotopic (exact) mass is 257 g/mol. The van der Waals surface area contributed by atoms with Crippen LogP contribution >= 0.6 is 0 Å². The Kier molecular flexibility index (Phi) is 3.50. The Balaban J connectivity index is 1.80. The lowest BCUT2D eigenvalue weighted by atomic mass is 9.86. The summed E-state index contributed by atoms with van der Waals surface area (Å²) in [7, 11) is 0. The van der Waals surface area contributed by atoms with Crippen LogP contribution in [0.5, 0.6) is 0 Å². The van der Waals surface area contributed by atoms with Gasteiger partial charge in [0, 0.05) is 5.92 Å². The number of anilines is 1. The van der Waals surface area contributed by atoms with Gasteiger partial charge in [0.05, 0.1) is 12.2 Å². The second-order valence-electron chi connectivity index (χ2n) is 6.07. The van der Waals surface area contributed by atoms with Crippen molar-refractivity contribution in [3.8, 4) is 12.3 Å². The fourth-order valence-electron chi connectivity index (χ4n) is 3.26. The number of aromatic nitrogens is 2.